The summed E-state index contributed by atoms with van der Waals surface area (Å²) in [5.74, 6) is 0.0611. The molecule has 0 aliphatic heterocycles. The van der Waals surface area contributed by atoms with Gasteiger partial charge in [-0.25, -0.2) is 4.98 Å². The van der Waals surface area contributed by atoms with E-state index in [1.165, 1.54) is 0 Å². The van der Waals surface area contributed by atoms with Crippen LogP contribution in [0.1, 0.15) is 25.7 Å². The molecule has 0 bridgehead atoms. The summed E-state index contributed by atoms with van der Waals surface area (Å²) in [6.45, 7) is 0. The van der Waals surface area contributed by atoms with Gasteiger partial charge in [0.15, 0.2) is 0 Å². The highest BCUT2D eigenvalue weighted by atomic mass is 35.5. The Labute approximate surface area is 108 Å². The highest BCUT2D eigenvalue weighted by Gasteiger charge is 2.26. The molecule has 1 aliphatic rings. The van der Waals surface area contributed by atoms with Gasteiger partial charge in [-0.3, -0.25) is 10.1 Å². The second kappa shape index (κ2) is 5.45. The molecule has 2 rings (SSSR count). The molecule has 1 heterocycles. The van der Waals surface area contributed by atoms with E-state index in [4.69, 9.17) is 11.6 Å². The van der Waals surface area contributed by atoms with Gasteiger partial charge in [0, 0.05) is 0 Å². The van der Waals surface area contributed by atoms with Crippen molar-refractivity contribution in [3.63, 3.8) is 0 Å². The van der Waals surface area contributed by atoms with E-state index >= 15 is 0 Å². The summed E-state index contributed by atoms with van der Waals surface area (Å²) in [7, 11) is 0. The molecule has 0 amide bonds. The van der Waals surface area contributed by atoms with Crippen LogP contribution in [0.4, 0.5) is 11.5 Å². The Kier molecular flexibility index (Phi) is 3.93. The Morgan fingerprint density at radius 2 is 2.22 bits per heavy atom. The Morgan fingerprint density at radius 1 is 1.50 bits per heavy atom. The third-order valence-corrected chi connectivity index (χ3v) is 3.17. The van der Waals surface area contributed by atoms with Crippen molar-refractivity contribution in [2.24, 2.45) is 0 Å². The van der Waals surface area contributed by atoms with Gasteiger partial charge in [0.1, 0.15) is 6.20 Å². The number of nitrogens with zero attached hydrogens (tertiary/aromatic N) is 3. The van der Waals surface area contributed by atoms with Gasteiger partial charge in [-0.1, -0.05) is 12.8 Å². The number of hydrogen-bond donors (Lipinski definition) is 2. The number of anilines is 1. The van der Waals surface area contributed by atoms with Crippen LogP contribution in [0.2, 0.25) is 5.28 Å². The Bertz CT molecular complexity index is 457. The predicted octanol–water partition coefficient (Wildman–Crippen LogP) is 1.75. The lowest BCUT2D eigenvalue weighted by molar-refractivity contribution is -0.384. The summed E-state index contributed by atoms with van der Waals surface area (Å²) in [6.07, 6.45) is 3.91. The van der Waals surface area contributed by atoms with Crippen molar-refractivity contribution in [3.05, 3.63) is 21.6 Å². The predicted molar refractivity (Wildman–Crippen MR) is 65.6 cm³/mol. The molecule has 1 aromatic rings. The molecule has 0 radical (unpaired) electrons. The van der Waals surface area contributed by atoms with Gasteiger partial charge in [-0.05, 0) is 24.4 Å². The zero-order chi connectivity index (χ0) is 13.1. The molecule has 8 heteroatoms. The summed E-state index contributed by atoms with van der Waals surface area (Å²) < 4.78 is 0. The lowest BCUT2D eigenvalue weighted by atomic mass is 9.92. The van der Waals surface area contributed by atoms with E-state index in [2.05, 4.69) is 15.3 Å². The minimum Gasteiger partial charge on any atom is -0.391 e. The monoisotopic (exact) mass is 272 g/mol. The average Bonchev–Trinajstić information content (AvgIpc) is 2.32. The molecule has 7 nitrogen and oxygen atoms in total. The molecule has 1 saturated carbocycles. The number of aliphatic hydroxyl groups excluding tert-OH is 1. The first-order valence-corrected chi connectivity index (χ1v) is 6.07. The van der Waals surface area contributed by atoms with Crippen molar-refractivity contribution < 1.29 is 10.0 Å². The van der Waals surface area contributed by atoms with Gasteiger partial charge in [0.25, 0.3) is 0 Å². The second-order valence-electron chi connectivity index (χ2n) is 4.23. The highest BCUT2D eigenvalue weighted by molar-refractivity contribution is 6.28. The summed E-state index contributed by atoms with van der Waals surface area (Å²) >= 11 is 5.63. The smallest absolute Gasteiger partial charge is 0.329 e. The summed E-state index contributed by atoms with van der Waals surface area (Å²) in [5, 5.41) is 23.5. The summed E-state index contributed by atoms with van der Waals surface area (Å²) in [6, 6.07) is -0.233. The molecule has 0 aromatic carbocycles. The van der Waals surface area contributed by atoms with E-state index < -0.39 is 11.0 Å². The zero-order valence-corrected chi connectivity index (χ0v) is 10.3. The van der Waals surface area contributed by atoms with E-state index in [-0.39, 0.29) is 22.8 Å². The molecule has 18 heavy (non-hydrogen) atoms. The van der Waals surface area contributed by atoms with Crippen molar-refractivity contribution in [1.29, 1.82) is 0 Å². The van der Waals surface area contributed by atoms with Crippen molar-refractivity contribution in [2.45, 2.75) is 37.8 Å². The molecule has 2 N–H and O–H groups in total. The first kappa shape index (κ1) is 13.0. The molecule has 0 saturated heterocycles. The standard InChI is InChI=1S/C10H13ClN4O3/c11-10-12-5-7(15(17)18)9(14-10)13-6-3-1-2-4-8(6)16/h5-6,8,16H,1-4H2,(H,12,13,14). The Balaban J connectivity index is 2.21. The Hall–Kier alpha value is -1.47. The molecule has 2 unspecified atom stereocenters. The average molecular weight is 273 g/mol. The van der Waals surface area contributed by atoms with Gasteiger partial charge in [0.2, 0.25) is 11.1 Å². The number of nitrogens with one attached hydrogen (secondary N) is 1. The van der Waals surface area contributed by atoms with Crippen LogP contribution in [0.3, 0.4) is 0 Å². The number of aliphatic hydroxyl groups is 1. The van der Waals surface area contributed by atoms with Crippen LogP contribution in [0.5, 0.6) is 0 Å². The molecule has 1 aromatic heterocycles. The number of nitro groups is 1. The van der Waals surface area contributed by atoms with Gasteiger partial charge >= 0.3 is 5.69 Å². The fourth-order valence-electron chi connectivity index (χ4n) is 2.05. The van der Waals surface area contributed by atoms with Crippen LogP contribution in [-0.4, -0.2) is 32.1 Å². The quantitative estimate of drug-likeness (QED) is 0.494. The van der Waals surface area contributed by atoms with Crippen LogP contribution < -0.4 is 5.32 Å². The maximum atomic E-state index is 10.8. The molecule has 98 valence electrons. The van der Waals surface area contributed by atoms with E-state index in [1.807, 2.05) is 0 Å². The minimum atomic E-state index is -0.576. The van der Waals surface area contributed by atoms with Crippen molar-refractivity contribution in [3.8, 4) is 0 Å². The number of halogens is 1. The minimum absolute atomic E-state index is 0.0611. The van der Waals surface area contributed by atoms with Crippen LogP contribution >= 0.6 is 11.6 Å². The van der Waals surface area contributed by atoms with Crippen molar-refractivity contribution in [2.75, 3.05) is 5.32 Å². The molecule has 0 spiro atoms. The van der Waals surface area contributed by atoms with E-state index in [1.54, 1.807) is 0 Å². The summed E-state index contributed by atoms with van der Waals surface area (Å²) in [5.41, 5.74) is -0.239. The van der Waals surface area contributed by atoms with Crippen molar-refractivity contribution in [1.82, 2.24) is 9.97 Å². The normalized spacial score (nSPS) is 23.7. The maximum absolute atomic E-state index is 10.8. The summed E-state index contributed by atoms with van der Waals surface area (Å²) in [4.78, 5) is 17.7. The third-order valence-electron chi connectivity index (χ3n) is 2.99. The largest absolute Gasteiger partial charge is 0.391 e. The SMILES string of the molecule is O=[N+]([O-])c1cnc(Cl)nc1NC1CCCCC1O. The van der Waals surface area contributed by atoms with Gasteiger partial charge in [-0.2, -0.15) is 4.98 Å². The van der Waals surface area contributed by atoms with E-state index in [0.29, 0.717) is 6.42 Å². The highest BCUT2D eigenvalue weighted by Crippen LogP contribution is 2.27. The fraction of sp³-hybridized carbons (Fsp3) is 0.600. The van der Waals surface area contributed by atoms with Crippen LogP contribution in [0.15, 0.2) is 6.20 Å². The molecule has 2 atom stereocenters. The topological polar surface area (TPSA) is 101 Å². The first-order chi connectivity index (χ1) is 8.58. The maximum Gasteiger partial charge on any atom is 0.329 e. The molecular formula is C10H13ClN4O3. The van der Waals surface area contributed by atoms with Gasteiger partial charge in [0.05, 0.1) is 17.1 Å². The van der Waals surface area contributed by atoms with Crippen molar-refractivity contribution >= 4 is 23.1 Å². The molecule has 1 aliphatic carbocycles. The zero-order valence-electron chi connectivity index (χ0n) is 9.54. The first-order valence-electron chi connectivity index (χ1n) is 5.69. The van der Waals surface area contributed by atoms with E-state index in [0.717, 1.165) is 25.5 Å². The lowest BCUT2D eigenvalue weighted by Gasteiger charge is -2.28. The van der Waals surface area contributed by atoms with Gasteiger partial charge < -0.3 is 10.4 Å². The fourth-order valence-corrected chi connectivity index (χ4v) is 2.18. The van der Waals surface area contributed by atoms with E-state index in [9.17, 15) is 15.2 Å². The number of aromatic nitrogens is 2. The van der Waals surface area contributed by atoms with Crippen LogP contribution in [0, 0.1) is 10.1 Å². The number of hydrogen-bond acceptors (Lipinski definition) is 6. The van der Waals surface area contributed by atoms with Gasteiger partial charge in [-0.15, -0.1) is 0 Å². The third kappa shape index (κ3) is 2.85. The number of rotatable bonds is 3. The van der Waals surface area contributed by atoms with Crippen LogP contribution in [0.25, 0.3) is 0 Å². The second-order valence-corrected chi connectivity index (χ2v) is 4.57. The molecular weight excluding hydrogens is 260 g/mol. The lowest BCUT2D eigenvalue weighted by Crippen LogP contribution is -2.36. The Morgan fingerprint density at radius 3 is 2.89 bits per heavy atom. The van der Waals surface area contributed by atoms with Crippen LogP contribution in [-0.2, 0) is 0 Å². The molecule has 1 fully saturated rings.